The van der Waals surface area contributed by atoms with Gasteiger partial charge in [0.15, 0.2) is 0 Å². The fraction of sp³-hybridized carbons (Fsp3) is 0.571. The van der Waals surface area contributed by atoms with Gasteiger partial charge in [-0.1, -0.05) is 6.07 Å². The van der Waals surface area contributed by atoms with Crippen molar-refractivity contribution >= 4 is 5.69 Å². The highest BCUT2D eigenvalue weighted by Crippen LogP contribution is 2.13. The molecule has 0 aliphatic heterocycles. The van der Waals surface area contributed by atoms with E-state index in [0.717, 1.165) is 31.7 Å². The van der Waals surface area contributed by atoms with E-state index in [1.807, 2.05) is 13.0 Å². The van der Waals surface area contributed by atoms with Crippen LogP contribution >= 0.6 is 0 Å². The molecule has 3 nitrogen and oxygen atoms in total. The molecule has 18 heavy (non-hydrogen) atoms. The summed E-state index contributed by atoms with van der Waals surface area (Å²) in [4.78, 5) is 0. The second-order valence-electron chi connectivity index (χ2n) is 4.94. The maximum absolute atomic E-state index is 13.0. The quantitative estimate of drug-likeness (QED) is 0.551. The Bertz CT molecular complexity index is 355. The molecule has 0 heterocycles. The van der Waals surface area contributed by atoms with Gasteiger partial charge in [0.25, 0.3) is 0 Å². The van der Waals surface area contributed by atoms with Crippen LogP contribution in [0.3, 0.4) is 0 Å². The van der Waals surface area contributed by atoms with Crippen LogP contribution in [-0.2, 0) is 4.74 Å². The summed E-state index contributed by atoms with van der Waals surface area (Å²) in [6.07, 6.45) is 1.98. The van der Waals surface area contributed by atoms with Gasteiger partial charge in [-0.3, -0.25) is 0 Å². The molecule has 0 saturated carbocycles. The molecule has 2 N–H and O–H groups in total. The molecule has 0 aliphatic rings. The lowest BCUT2D eigenvalue weighted by molar-refractivity contribution is 0.137. The second kappa shape index (κ2) is 7.34. The molecule has 0 aromatic heterocycles. The summed E-state index contributed by atoms with van der Waals surface area (Å²) < 4.78 is 18.3. The summed E-state index contributed by atoms with van der Waals surface area (Å²) in [5.74, 6) is -0.240. The molecule has 0 radical (unpaired) electrons. The first-order chi connectivity index (χ1) is 8.53. The topological polar surface area (TPSA) is 33.3 Å². The summed E-state index contributed by atoms with van der Waals surface area (Å²) in [6.45, 7) is 7.74. The van der Waals surface area contributed by atoms with E-state index < -0.39 is 0 Å². The van der Waals surface area contributed by atoms with E-state index in [1.165, 1.54) is 12.1 Å². The zero-order chi connectivity index (χ0) is 13.4. The average molecular weight is 254 g/mol. The summed E-state index contributed by atoms with van der Waals surface area (Å²) in [6, 6.07) is 6.40. The monoisotopic (exact) mass is 254 g/mol. The molecule has 4 heteroatoms. The summed E-state index contributed by atoms with van der Waals surface area (Å²) in [5.41, 5.74) is 6.91. The average Bonchev–Trinajstić information content (AvgIpc) is 2.33. The molecule has 0 atom stereocenters. The smallest absolute Gasteiger partial charge is 0.125 e. The maximum atomic E-state index is 13.0. The Morgan fingerprint density at radius 3 is 2.78 bits per heavy atom. The van der Waals surface area contributed by atoms with Crippen molar-refractivity contribution in [2.24, 2.45) is 0 Å². The van der Waals surface area contributed by atoms with Gasteiger partial charge in [-0.05, 0) is 51.8 Å². The van der Waals surface area contributed by atoms with E-state index >= 15 is 0 Å². The molecule has 0 saturated heterocycles. The van der Waals surface area contributed by atoms with Gasteiger partial charge in [0.05, 0.1) is 5.69 Å². The van der Waals surface area contributed by atoms with Gasteiger partial charge in [0, 0.05) is 18.8 Å². The Morgan fingerprint density at radius 2 is 2.11 bits per heavy atom. The zero-order valence-corrected chi connectivity index (χ0v) is 11.4. The van der Waals surface area contributed by atoms with Crippen LogP contribution < -0.4 is 10.9 Å². The highest BCUT2D eigenvalue weighted by molar-refractivity contribution is 5.42. The van der Waals surface area contributed by atoms with Gasteiger partial charge < -0.3 is 10.2 Å². The van der Waals surface area contributed by atoms with E-state index in [0.29, 0.717) is 0 Å². The lowest BCUT2D eigenvalue weighted by Gasteiger charge is -2.27. The number of anilines is 1. The lowest BCUT2D eigenvalue weighted by Crippen LogP contribution is -2.43. The van der Waals surface area contributed by atoms with Crippen molar-refractivity contribution in [3.05, 3.63) is 30.1 Å². The molecule has 0 fully saturated rings. The summed E-state index contributed by atoms with van der Waals surface area (Å²) in [7, 11) is 0. The van der Waals surface area contributed by atoms with Gasteiger partial charge in [-0.2, -0.15) is 0 Å². The number of hydrogen-bond donors (Lipinski definition) is 2. The van der Waals surface area contributed by atoms with E-state index in [2.05, 4.69) is 24.7 Å². The summed E-state index contributed by atoms with van der Waals surface area (Å²) in [5, 5.41) is 0. The predicted molar refractivity (Wildman–Crippen MR) is 73.0 cm³/mol. The number of hydrogen-bond acceptors (Lipinski definition) is 3. The van der Waals surface area contributed by atoms with Crippen molar-refractivity contribution < 1.29 is 9.13 Å². The number of halogens is 1. The minimum atomic E-state index is -0.240. The Labute approximate surface area is 109 Å². The van der Waals surface area contributed by atoms with Gasteiger partial charge in [0.1, 0.15) is 5.82 Å². The lowest BCUT2D eigenvalue weighted by atomic mass is 10.00. The van der Waals surface area contributed by atoms with Gasteiger partial charge >= 0.3 is 0 Å². The Kier molecular flexibility index (Phi) is 6.09. The summed E-state index contributed by atoms with van der Waals surface area (Å²) >= 11 is 0. The van der Waals surface area contributed by atoms with Gasteiger partial charge in [-0.25, -0.2) is 9.82 Å². The number of rotatable bonds is 8. The minimum absolute atomic E-state index is 0.0661. The van der Waals surface area contributed by atoms with Crippen molar-refractivity contribution in [2.45, 2.75) is 39.2 Å². The first kappa shape index (κ1) is 14.9. The third-order valence-corrected chi connectivity index (χ3v) is 2.66. The number of nitrogens with one attached hydrogen (secondary N) is 2. The molecule has 1 aromatic carbocycles. The van der Waals surface area contributed by atoms with Gasteiger partial charge in [0.2, 0.25) is 0 Å². The van der Waals surface area contributed by atoms with E-state index in [4.69, 9.17) is 4.74 Å². The molecule has 0 unspecified atom stereocenters. The largest absolute Gasteiger partial charge is 0.382 e. The fourth-order valence-electron chi connectivity index (χ4n) is 1.63. The van der Waals surface area contributed by atoms with E-state index in [9.17, 15) is 4.39 Å². The van der Waals surface area contributed by atoms with E-state index in [-0.39, 0.29) is 11.4 Å². The molecule has 102 valence electrons. The molecular formula is C14H23FN2O. The van der Waals surface area contributed by atoms with Crippen LogP contribution in [0, 0.1) is 5.82 Å². The number of hydrazine groups is 1. The molecule has 0 spiro atoms. The van der Waals surface area contributed by atoms with Crippen LogP contribution in [0.25, 0.3) is 0 Å². The van der Waals surface area contributed by atoms with Crippen molar-refractivity contribution in [3.8, 4) is 0 Å². The number of ether oxygens (including phenoxy) is 1. The third kappa shape index (κ3) is 5.98. The molecule has 0 bridgehead atoms. The molecule has 1 rings (SSSR count). The zero-order valence-electron chi connectivity index (χ0n) is 11.4. The first-order valence-corrected chi connectivity index (χ1v) is 6.40. The van der Waals surface area contributed by atoms with Crippen molar-refractivity contribution in [3.63, 3.8) is 0 Å². The van der Waals surface area contributed by atoms with Crippen LogP contribution in [0.2, 0.25) is 0 Å². The Morgan fingerprint density at radius 1 is 1.33 bits per heavy atom. The van der Waals surface area contributed by atoms with Crippen LogP contribution in [-0.4, -0.2) is 18.8 Å². The fourth-order valence-corrected chi connectivity index (χ4v) is 1.63. The van der Waals surface area contributed by atoms with Crippen LogP contribution in [0.1, 0.15) is 33.6 Å². The van der Waals surface area contributed by atoms with Crippen LogP contribution in [0.4, 0.5) is 10.1 Å². The standard InChI is InChI=1S/C14H23FN2O/c1-4-18-10-6-9-14(2,3)17-16-13-8-5-7-12(15)11-13/h5,7-8,11,16-17H,4,6,9-10H2,1-3H3. The van der Waals surface area contributed by atoms with Crippen LogP contribution in [0.5, 0.6) is 0 Å². The first-order valence-electron chi connectivity index (χ1n) is 6.40. The molecular weight excluding hydrogens is 231 g/mol. The predicted octanol–water partition coefficient (Wildman–Crippen LogP) is 3.34. The van der Waals surface area contributed by atoms with E-state index in [1.54, 1.807) is 6.07 Å². The second-order valence-corrected chi connectivity index (χ2v) is 4.94. The minimum Gasteiger partial charge on any atom is -0.382 e. The Hall–Kier alpha value is -1.13. The molecule has 0 aliphatic carbocycles. The number of benzene rings is 1. The normalized spacial score (nSPS) is 11.6. The maximum Gasteiger partial charge on any atom is 0.125 e. The van der Waals surface area contributed by atoms with Crippen LogP contribution in [0.15, 0.2) is 24.3 Å². The SMILES string of the molecule is CCOCCCC(C)(C)NNc1cccc(F)c1. The highest BCUT2D eigenvalue weighted by Gasteiger charge is 2.16. The molecule has 0 amide bonds. The highest BCUT2D eigenvalue weighted by atomic mass is 19.1. The van der Waals surface area contributed by atoms with Crippen molar-refractivity contribution in [1.82, 2.24) is 5.43 Å². The molecule has 1 aromatic rings. The Balaban J connectivity index is 2.32. The van der Waals surface area contributed by atoms with Gasteiger partial charge in [-0.15, -0.1) is 0 Å². The van der Waals surface area contributed by atoms with Crippen molar-refractivity contribution in [2.75, 3.05) is 18.6 Å². The third-order valence-electron chi connectivity index (χ3n) is 2.66. The van der Waals surface area contributed by atoms with Crippen molar-refractivity contribution in [1.29, 1.82) is 0 Å².